The molecule has 0 N–H and O–H groups in total. The third-order valence-corrected chi connectivity index (χ3v) is 3.58. The van der Waals surface area contributed by atoms with E-state index in [4.69, 9.17) is 0 Å². The van der Waals surface area contributed by atoms with Crippen LogP contribution in [0.2, 0.25) is 0 Å². The molecule has 0 aliphatic carbocycles. The van der Waals surface area contributed by atoms with Gasteiger partial charge in [0.25, 0.3) is 0 Å². The van der Waals surface area contributed by atoms with Crippen molar-refractivity contribution in [2.45, 2.75) is 37.0 Å². The number of rotatable bonds is 4. The van der Waals surface area contributed by atoms with Crippen LogP contribution in [0, 0.1) is 0 Å². The molecular weight excluding hydrogens is 289 g/mol. The van der Waals surface area contributed by atoms with E-state index in [0.29, 0.717) is 16.5 Å². The molecule has 108 valence electrons. The fraction of sp³-hybridized carbons (Fsp3) is 0.417. The molecule has 0 saturated heterocycles. The van der Waals surface area contributed by atoms with Gasteiger partial charge in [-0.05, 0) is 35.9 Å². The number of nitrogens with zero attached hydrogens (tertiary/aromatic N) is 4. The molecule has 4 nitrogen and oxygen atoms in total. The van der Waals surface area contributed by atoms with Crippen molar-refractivity contribution in [3.05, 3.63) is 35.4 Å². The minimum absolute atomic E-state index is 0.106. The maximum atomic E-state index is 12.6. The number of tetrazole rings is 1. The summed E-state index contributed by atoms with van der Waals surface area (Å²) >= 11 is 1.31. The summed E-state index contributed by atoms with van der Waals surface area (Å²) in [5.74, 6) is 0.386. The predicted molar refractivity (Wildman–Crippen MR) is 69.2 cm³/mol. The predicted octanol–water partition coefficient (Wildman–Crippen LogP) is 3.57. The highest BCUT2D eigenvalue weighted by molar-refractivity contribution is 7.98. The van der Waals surface area contributed by atoms with E-state index in [-0.39, 0.29) is 6.04 Å². The normalized spacial score (nSPS) is 12.1. The van der Waals surface area contributed by atoms with Crippen molar-refractivity contribution in [1.82, 2.24) is 20.2 Å². The van der Waals surface area contributed by atoms with Crippen LogP contribution in [0.3, 0.4) is 0 Å². The van der Waals surface area contributed by atoms with Crippen molar-refractivity contribution in [2.24, 2.45) is 0 Å². The fourth-order valence-corrected chi connectivity index (χ4v) is 2.54. The molecule has 0 radical (unpaired) electrons. The maximum Gasteiger partial charge on any atom is 0.416 e. The number of hydrogen-bond donors (Lipinski definition) is 0. The van der Waals surface area contributed by atoms with Gasteiger partial charge in [-0.1, -0.05) is 30.0 Å². The van der Waals surface area contributed by atoms with E-state index in [0.717, 1.165) is 12.1 Å². The van der Waals surface area contributed by atoms with E-state index in [1.54, 1.807) is 10.7 Å². The Hall–Kier alpha value is -1.57. The Balaban J connectivity index is 2.09. The zero-order valence-corrected chi connectivity index (χ0v) is 11.7. The minimum Gasteiger partial charge on any atom is -0.218 e. The number of alkyl halides is 3. The lowest BCUT2D eigenvalue weighted by molar-refractivity contribution is -0.137. The average Bonchev–Trinajstić information content (AvgIpc) is 2.84. The molecule has 20 heavy (non-hydrogen) atoms. The van der Waals surface area contributed by atoms with E-state index in [2.05, 4.69) is 15.5 Å². The van der Waals surface area contributed by atoms with Gasteiger partial charge in [0.15, 0.2) is 0 Å². The number of hydrogen-bond acceptors (Lipinski definition) is 4. The van der Waals surface area contributed by atoms with Gasteiger partial charge in [-0.15, -0.1) is 5.10 Å². The summed E-state index contributed by atoms with van der Waals surface area (Å²) in [6, 6.07) is 5.38. The van der Waals surface area contributed by atoms with Crippen LogP contribution < -0.4 is 0 Å². The highest BCUT2D eigenvalue weighted by Gasteiger charge is 2.30. The molecule has 1 aromatic carbocycles. The Bertz CT molecular complexity index is 580. The monoisotopic (exact) mass is 302 g/mol. The summed E-state index contributed by atoms with van der Waals surface area (Å²) < 4.78 is 39.5. The van der Waals surface area contributed by atoms with Crippen molar-refractivity contribution in [3.63, 3.8) is 0 Å². The van der Waals surface area contributed by atoms with E-state index >= 15 is 0 Å². The largest absolute Gasteiger partial charge is 0.416 e. The Kier molecular flexibility index (Phi) is 4.32. The number of thioether (sulfide) groups is 1. The van der Waals surface area contributed by atoms with Crippen molar-refractivity contribution in [1.29, 1.82) is 0 Å². The molecule has 0 saturated carbocycles. The van der Waals surface area contributed by atoms with Gasteiger partial charge in [0.05, 0.1) is 11.6 Å². The van der Waals surface area contributed by atoms with Gasteiger partial charge in [0.1, 0.15) is 0 Å². The zero-order chi connectivity index (χ0) is 14.8. The molecular formula is C12H13F3N4S. The second kappa shape index (κ2) is 5.82. The van der Waals surface area contributed by atoms with E-state index in [1.165, 1.54) is 17.8 Å². The number of halogens is 3. The Morgan fingerprint density at radius 2 is 2.05 bits per heavy atom. The lowest BCUT2D eigenvalue weighted by Gasteiger charge is -2.09. The lowest BCUT2D eigenvalue weighted by Crippen LogP contribution is -2.06. The van der Waals surface area contributed by atoms with Gasteiger partial charge in [0, 0.05) is 5.75 Å². The second-order valence-corrected chi connectivity index (χ2v) is 5.43. The van der Waals surface area contributed by atoms with Crippen LogP contribution in [0.4, 0.5) is 13.2 Å². The smallest absolute Gasteiger partial charge is 0.218 e. The molecule has 0 amide bonds. The van der Waals surface area contributed by atoms with E-state index in [9.17, 15) is 13.2 Å². The zero-order valence-electron chi connectivity index (χ0n) is 10.9. The summed E-state index contributed by atoms with van der Waals surface area (Å²) in [6.07, 6.45) is -4.32. The van der Waals surface area contributed by atoms with Gasteiger partial charge in [-0.25, -0.2) is 4.68 Å². The summed E-state index contributed by atoms with van der Waals surface area (Å²) in [6.45, 7) is 3.87. The average molecular weight is 302 g/mol. The quantitative estimate of drug-likeness (QED) is 0.810. The summed E-state index contributed by atoms with van der Waals surface area (Å²) in [5.41, 5.74) is -0.0535. The topological polar surface area (TPSA) is 43.6 Å². The molecule has 2 aromatic rings. The Morgan fingerprint density at radius 1 is 1.30 bits per heavy atom. The number of benzene rings is 1. The second-order valence-electron chi connectivity index (χ2n) is 4.49. The summed E-state index contributed by atoms with van der Waals surface area (Å²) in [7, 11) is 0. The van der Waals surface area contributed by atoms with Crippen LogP contribution >= 0.6 is 11.8 Å². The molecule has 0 aliphatic rings. The molecule has 0 spiro atoms. The first-order chi connectivity index (χ1) is 9.38. The first kappa shape index (κ1) is 14.8. The molecule has 0 bridgehead atoms. The SMILES string of the molecule is CC(C)n1nnnc1SCc1cccc(C(F)(F)F)c1. The van der Waals surface area contributed by atoms with Gasteiger partial charge in [-0.2, -0.15) is 13.2 Å². The maximum absolute atomic E-state index is 12.6. The van der Waals surface area contributed by atoms with Crippen LogP contribution in [-0.4, -0.2) is 20.2 Å². The summed E-state index contributed by atoms with van der Waals surface area (Å²) in [5, 5.41) is 11.9. The molecule has 8 heteroatoms. The van der Waals surface area contributed by atoms with E-state index < -0.39 is 11.7 Å². The lowest BCUT2D eigenvalue weighted by atomic mass is 10.1. The highest BCUT2D eigenvalue weighted by atomic mass is 32.2. The molecule has 1 heterocycles. The van der Waals surface area contributed by atoms with Gasteiger partial charge in [0.2, 0.25) is 5.16 Å². The van der Waals surface area contributed by atoms with Gasteiger partial charge < -0.3 is 0 Å². The van der Waals surface area contributed by atoms with Crippen molar-refractivity contribution in [2.75, 3.05) is 0 Å². The first-order valence-electron chi connectivity index (χ1n) is 5.94. The molecule has 0 fully saturated rings. The molecule has 0 unspecified atom stereocenters. The summed E-state index contributed by atoms with van der Waals surface area (Å²) in [4.78, 5) is 0. The molecule has 0 atom stereocenters. The van der Waals surface area contributed by atoms with Crippen LogP contribution in [0.25, 0.3) is 0 Å². The Labute approximate surface area is 118 Å². The van der Waals surface area contributed by atoms with Crippen molar-refractivity contribution < 1.29 is 13.2 Å². The minimum atomic E-state index is -4.32. The van der Waals surface area contributed by atoms with Crippen LogP contribution in [-0.2, 0) is 11.9 Å². The number of aromatic nitrogens is 4. The van der Waals surface area contributed by atoms with Gasteiger partial charge in [-0.3, -0.25) is 0 Å². The molecule has 0 aliphatic heterocycles. The first-order valence-corrected chi connectivity index (χ1v) is 6.93. The van der Waals surface area contributed by atoms with Crippen molar-refractivity contribution >= 4 is 11.8 Å². The highest BCUT2D eigenvalue weighted by Crippen LogP contribution is 2.31. The fourth-order valence-electron chi connectivity index (χ4n) is 1.59. The standard InChI is InChI=1S/C12H13F3N4S/c1-8(2)19-11(16-17-18-19)20-7-9-4-3-5-10(6-9)12(13,14)15/h3-6,8H,7H2,1-2H3. The van der Waals surface area contributed by atoms with Crippen LogP contribution in [0.1, 0.15) is 31.0 Å². The Morgan fingerprint density at radius 3 is 2.70 bits per heavy atom. The third kappa shape index (κ3) is 3.50. The third-order valence-electron chi connectivity index (χ3n) is 2.57. The van der Waals surface area contributed by atoms with Crippen LogP contribution in [0.5, 0.6) is 0 Å². The van der Waals surface area contributed by atoms with Crippen molar-refractivity contribution in [3.8, 4) is 0 Å². The van der Waals surface area contributed by atoms with Crippen LogP contribution in [0.15, 0.2) is 29.4 Å². The molecule has 2 rings (SSSR count). The van der Waals surface area contributed by atoms with Gasteiger partial charge >= 0.3 is 6.18 Å². The van der Waals surface area contributed by atoms with E-state index in [1.807, 2.05) is 13.8 Å². The molecule has 1 aromatic heterocycles.